The van der Waals surface area contributed by atoms with E-state index < -0.39 is 17.8 Å². The molecule has 0 atom stereocenters. The number of unbranched alkanes of at least 4 members (excludes halogenated alkanes) is 1. The van der Waals surface area contributed by atoms with E-state index in [2.05, 4.69) is 12.2 Å². The van der Waals surface area contributed by atoms with Crippen molar-refractivity contribution < 1.29 is 28.6 Å². The minimum atomic E-state index is -0.818. The average molecular weight is 549 g/mol. The summed E-state index contributed by atoms with van der Waals surface area (Å²) in [5.74, 6) is 0.0632. The van der Waals surface area contributed by atoms with E-state index in [1.54, 1.807) is 48.5 Å². The summed E-state index contributed by atoms with van der Waals surface area (Å²) >= 11 is 6.06. The molecular formula is C30H29ClN2O6. The molecule has 4 rings (SSSR count). The number of urea groups is 1. The molecule has 1 aliphatic rings. The molecule has 3 aromatic carbocycles. The Bertz CT molecular complexity index is 1390. The standard InChI is InChI=1S/C30H29ClN2O6/c1-3-5-15-38-24-12-10-23(11-13-24)33-29(35)25(28(34)32-30(33)36)17-20-9-14-26(27(18-20)37-4-2)39-19-21-7-6-8-22(31)16-21/h6-14,16-18H,3-5,15,19H2,1-2H3,(H,32,34,36)/b25-17-. The highest BCUT2D eigenvalue weighted by atomic mass is 35.5. The third-order valence-electron chi connectivity index (χ3n) is 5.83. The van der Waals surface area contributed by atoms with Crippen LogP contribution in [-0.4, -0.2) is 31.1 Å². The van der Waals surface area contributed by atoms with Crippen molar-refractivity contribution in [2.24, 2.45) is 0 Å². The summed E-state index contributed by atoms with van der Waals surface area (Å²) in [6, 6.07) is 18.2. The lowest BCUT2D eigenvalue weighted by atomic mass is 10.1. The summed E-state index contributed by atoms with van der Waals surface area (Å²) in [4.78, 5) is 39.4. The van der Waals surface area contributed by atoms with Gasteiger partial charge < -0.3 is 14.2 Å². The van der Waals surface area contributed by atoms with Crippen LogP contribution in [-0.2, 0) is 16.2 Å². The molecule has 0 bridgehead atoms. The number of carbonyl (C=O) groups is 3. The number of rotatable bonds is 11. The molecule has 0 aliphatic carbocycles. The molecule has 3 aromatic rings. The maximum absolute atomic E-state index is 13.3. The predicted octanol–water partition coefficient (Wildman–Crippen LogP) is 6.16. The molecule has 1 saturated heterocycles. The first-order valence-electron chi connectivity index (χ1n) is 12.7. The number of carbonyl (C=O) groups excluding carboxylic acids is 3. The van der Waals surface area contributed by atoms with Crippen LogP contribution in [0.15, 0.2) is 72.3 Å². The molecule has 0 spiro atoms. The fourth-order valence-electron chi connectivity index (χ4n) is 3.87. The van der Waals surface area contributed by atoms with Gasteiger partial charge in [-0.1, -0.05) is 43.1 Å². The largest absolute Gasteiger partial charge is 0.494 e. The molecule has 1 aliphatic heterocycles. The van der Waals surface area contributed by atoms with Gasteiger partial charge in [-0.2, -0.15) is 0 Å². The Morgan fingerprint density at radius 2 is 1.69 bits per heavy atom. The van der Waals surface area contributed by atoms with Crippen molar-refractivity contribution in [1.82, 2.24) is 5.32 Å². The van der Waals surface area contributed by atoms with Crippen LogP contribution >= 0.6 is 11.6 Å². The van der Waals surface area contributed by atoms with Gasteiger partial charge in [0.25, 0.3) is 11.8 Å². The molecule has 1 N–H and O–H groups in total. The van der Waals surface area contributed by atoms with E-state index in [0.29, 0.717) is 46.7 Å². The molecule has 9 heteroatoms. The Balaban J connectivity index is 1.55. The third-order valence-corrected chi connectivity index (χ3v) is 6.06. The summed E-state index contributed by atoms with van der Waals surface area (Å²) in [6.45, 7) is 5.15. The van der Waals surface area contributed by atoms with E-state index in [4.69, 9.17) is 25.8 Å². The van der Waals surface area contributed by atoms with Gasteiger partial charge in [-0.3, -0.25) is 14.9 Å². The molecule has 39 heavy (non-hydrogen) atoms. The summed E-state index contributed by atoms with van der Waals surface area (Å²) < 4.78 is 17.3. The van der Waals surface area contributed by atoms with Crippen LogP contribution in [0.25, 0.3) is 6.08 Å². The zero-order valence-electron chi connectivity index (χ0n) is 21.7. The fourth-order valence-corrected chi connectivity index (χ4v) is 4.09. The molecule has 0 saturated carbocycles. The van der Waals surface area contributed by atoms with Gasteiger partial charge in [0, 0.05) is 5.02 Å². The van der Waals surface area contributed by atoms with E-state index in [0.717, 1.165) is 23.3 Å². The SMILES string of the molecule is CCCCOc1ccc(N2C(=O)NC(=O)/C(=C/c3ccc(OCc4cccc(Cl)c4)c(OCC)c3)C2=O)cc1. The lowest BCUT2D eigenvalue weighted by Gasteiger charge is -2.26. The van der Waals surface area contributed by atoms with Crippen molar-refractivity contribution in [3.05, 3.63) is 88.5 Å². The zero-order valence-corrected chi connectivity index (χ0v) is 22.5. The first-order valence-corrected chi connectivity index (χ1v) is 13.1. The average Bonchev–Trinajstić information content (AvgIpc) is 2.92. The van der Waals surface area contributed by atoms with Crippen molar-refractivity contribution >= 4 is 41.2 Å². The zero-order chi connectivity index (χ0) is 27.8. The van der Waals surface area contributed by atoms with Gasteiger partial charge in [-0.25, -0.2) is 9.69 Å². The van der Waals surface area contributed by atoms with E-state index in [-0.39, 0.29) is 12.2 Å². The third kappa shape index (κ3) is 6.97. The van der Waals surface area contributed by atoms with Crippen LogP contribution in [0.2, 0.25) is 5.02 Å². The van der Waals surface area contributed by atoms with Crippen LogP contribution in [0, 0.1) is 0 Å². The molecule has 202 valence electrons. The smallest absolute Gasteiger partial charge is 0.335 e. The van der Waals surface area contributed by atoms with Crippen molar-refractivity contribution in [3.8, 4) is 17.2 Å². The molecule has 0 aromatic heterocycles. The second kappa shape index (κ2) is 13.0. The maximum atomic E-state index is 13.3. The number of benzene rings is 3. The highest BCUT2D eigenvalue weighted by molar-refractivity contribution is 6.39. The van der Waals surface area contributed by atoms with Gasteiger partial charge >= 0.3 is 6.03 Å². The van der Waals surface area contributed by atoms with Crippen LogP contribution in [0.1, 0.15) is 37.8 Å². The monoisotopic (exact) mass is 548 g/mol. The predicted molar refractivity (Wildman–Crippen MR) is 149 cm³/mol. The normalized spacial score (nSPS) is 14.4. The maximum Gasteiger partial charge on any atom is 0.335 e. The molecule has 1 fully saturated rings. The fraction of sp³-hybridized carbons (Fsp3) is 0.233. The van der Waals surface area contributed by atoms with Gasteiger partial charge in [0.1, 0.15) is 17.9 Å². The highest BCUT2D eigenvalue weighted by Crippen LogP contribution is 2.31. The highest BCUT2D eigenvalue weighted by Gasteiger charge is 2.36. The van der Waals surface area contributed by atoms with Gasteiger partial charge in [-0.15, -0.1) is 0 Å². The number of nitrogens with zero attached hydrogens (tertiary/aromatic N) is 1. The van der Waals surface area contributed by atoms with Gasteiger partial charge in [0.05, 0.1) is 18.9 Å². The molecule has 1 heterocycles. The van der Waals surface area contributed by atoms with E-state index >= 15 is 0 Å². The molecule has 0 unspecified atom stereocenters. The second-order valence-corrected chi connectivity index (χ2v) is 9.15. The van der Waals surface area contributed by atoms with Crippen LogP contribution < -0.4 is 24.4 Å². The molecular weight excluding hydrogens is 520 g/mol. The summed E-state index contributed by atoms with van der Waals surface area (Å²) in [5.41, 5.74) is 1.55. The van der Waals surface area contributed by atoms with Crippen molar-refractivity contribution in [2.45, 2.75) is 33.3 Å². The summed E-state index contributed by atoms with van der Waals surface area (Å²) in [5, 5.41) is 2.85. The molecule has 8 nitrogen and oxygen atoms in total. The number of halogens is 1. The van der Waals surface area contributed by atoms with E-state index in [1.807, 2.05) is 25.1 Å². The number of imide groups is 2. The van der Waals surface area contributed by atoms with E-state index in [1.165, 1.54) is 6.08 Å². The Hall–Kier alpha value is -4.30. The first kappa shape index (κ1) is 27.7. The number of amides is 4. The first-order chi connectivity index (χ1) is 18.9. The van der Waals surface area contributed by atoms with Gasteiger partial charge in [-0.05, 0) is 79.1 Å². The van der Waals surface area contributed by atoms with Crippen LogP contribution in [0.5, 0.6) is 17.2 Å². The molecule has 0 radical (unpaired) electrons. The minimum Gasteiger partial charge on any atom is -0.494 e. The topological polar surface area (TPSA) is 94.2 Å². The van der Waals surface area contributed by atoms with Crippen molar-refractivity contribution in [1.29, 1.82) is 0 Å². The van der Waals surface area contributed by atoms with Crippen molar-refractivity contribution in [3.63, 3.8) is 0 Å². The lowest BCUT2D eigenvalue weighted by Crippen LogP contribution is -2.54. The Morgan fingerprint density at radius 1 is 0.897 bits per heavy atom. The molecule has 4 amide bonds. The Morgan fingerprint density at radius 3 is 2.41 bits per heavy atom. The number of hydrogen-bond donors (Lipinski definition) is 1. The number of anilines is 1. The van der Waals surface area contributed by atoms with Gasteiger partial charge in [0.2, 0.25) is 0 Å². The quantitative estimate of drug-likeness (QED) is 0.175. The number of nitrogens with one attached hydrogen (secondary N) is 1. The van der Waals surface area contributed by atoms with Gasteiger partial charge in [0.15, 0.2) is 11.5 Å². The number of ether oxygens (including phenoxy) is 3. The Kier molecular flexibility index (Phi) is 9.22. The number of hydrogen-bond acceptors (Lipinski definition) is 6. The Labute approximate surface area is 232 Å². The van der Waals surface area contributed by atoms with Crippen molar-refractivity contribution in [2.75, 3.05) is 18.1 Å². The summed E-state index contributed by atoms with van der Waals surface area (Å²) in [6.07, 6.45) is 3.35. The van der Waals surface area contributed by atoms with E-state index in [9.17, 15) is 14.4 Å². The van der Waals surface area contributed by atoms with Crippen LogP contribution in [0.3, 0.4) is 0 Å². The summed E-state index contributed by atoms with van der Waals surface area (Å²) in [7, 11) is 0. The number of barbiturate groups is 1. The lowest BCUT2D eigenvalue weighted by molar-refractivity contribution is -0.122. The second-order valence-electron chi connectivity index (χ2n) is 8.71. The van der Waals surface area contributed by atoms with Crippen LogP contribution in [0.4, 0.5) is 10.5 Å². The minimum absolute atomic E-state index is 0.187.